The molecule has 42 heavy (non-hydrogen) atoms. The first-order valence-corrected chi connectivity index (χ1v) is 15.0. The number of amides is 1. The third kappa shape index (κ3) is 5.72. The lowest BCUT2D eigenvalue weighted by Gasteiger charge is -2.41. The van der Waals surface area contributed by atoms with Crippen molar-refractivity contribution in [2.24, 2.45) is 0 Å². The summed E-state index contributed by atoms with van der Waals surface area (Å²) in [5, 5.41) is 15.0. The predicted molar refractivity (Wildman–Crippen MR) is 163 cm³/mol. The van der Waals surface area contributed by atoms with Crippen molar-refractivity contribution < 1.29 is 14.3 Å². The molecule has 2 fully saturated rings. The van der Waals surface area contributed by atoms with Gasteiger partial charge in [-0.1, -0.05) is 6.07 Å². The summed E-state index contributed by atoms with van der Waals surface area (Å²) in [7, 11) is 2.06. The largest absolute Gasteiger partial charge is 0.444 e. The van der Waals surface area contributed by atoms with Crippen molar-refractivity contribution in [3.63, 3.8) is 0 Å². The van der Waals surface area contributed by atoms with Crippen LogP contribution in [0, 0.1) is 0 Å². The van der Waals surface area contributed by atoms with Gasteiger partial charge in [0.2, 0.25) is 0 Å². The standard InChI is InChI=1S/C32H41N7O3/c1-21-18-23(14-16-38(21)31(40)42-32(2,3)4)37(5)28-12-11-27(35-36-28)26-10-9-24(25-13-15-33-30(25)26)22-19-34-39(20-22)29-8-6-7-17-41-29/h9-13,15,19-21,23,29,33H,6-8,14,16-18H2,1-5H3. The van der Waals surface area contributed by atoms with Gasteiger partial charge < -0.3 is 24.3 Å². The second kappa shape index (κ2) is 11.4. The van der Waals surface area contributed by atoms with Gasteiger partial charge in [-0.05, 0) is 89.6 Å². The van der Waals surface area contributed by atoms with Crippen LogP contribution in [0.4, 0.5) is 10.6 Å². The van der Waals surface area contributed by atoms with Crippen LogP contribution in [0.3, 0.4) is 0 Å². The molecule has 1 aromatic carbocycles. The maximum atomic E-state index is 12.6. The molecule has 222 valence electrons. The molecule has 2 saturated heterocycles. The van der Waals surface area contributed by atoms with Crippen molar-refractivity contribution in [2.75, 3.05) is 25.1 Å². The molecule has 1 amide bonds. The minimum absolute atomic E-state index is 0.0149. The van der Waals surface area contributed by atoms with E-state index in [9.17, 15) is 4.79 Å². The molecule has 0 saturated carbocycles. The molecule has 0 aliphatic carbocycles. The van der Waals surface area contributed by atoms with Crippen LogP contribution in [-0.2, 0) is 9.47 Å². The Morgan fingerprint density at radius 1 is 1.10 bits per heavy atom. The second-order valence-electron chi connectivity index (χ2n) is 12.5. The minimum atomic E-state index is -0.499. The number of anilines is 1. The SMILES string of the molecule is CC1CC(N(C)c2ccc(-c3ccc(-c4cnn(C5CCCCO5)c4)c4cc[nH]c34)nn2)CCN1C(=O)OC(C)(C)C. The number of carbonyl (C=O) groups excluding carboxylic acids is 1. The number of rotatable bonds is 5. The molecule has 10 nitrogen and oxygen atoms in total. The molecule has 0 bridgehead atoms. The van der Waals surface area contributed by atoms with E-state index < -0.39 is 5.60 Å². The summed E-state index contributed by atoms with van der Waals surface area (Å²) >= 11 is 0. The number of ether oxygens (including phenoxy) is 2. The molecule has 10 heteroatoms. The first-order chi connectivity index (χ1) is 20.2. The van der Waals surface area contributed by atoms with Crippen molar-refractivity contribution in [1.82, 2.24) is 29.9 Å². The topological polar surface area (TPSA) is 101 Å². The average molecular weight is 572 g/mol. The molecule has 3 unspecified atom stereocenters. The van der Waals surface area contributed by atoms with E-state index in [0.29, 0.717) is 6.54 Å². The van der Waals surface area contributed by atoms with Gasteiger partial charge in [-0.3, -0.25) is 0 Å². The van der Waals surface area contributed by atoms with Gasteiger partial charge in [0, 0.05) is 61.2 Å². The van der Waals surface area contributed by atoms with E-state index in [1.165, 1.54) is 6.42 Å². The van der Waals surface area contributed by atoms with Crippen LogP contribution in [0.1, 0.15) is 66.0 Å². The van der Waals surface area contributed by atoms with Crippen LogP contribution >= 0.6 is 0 Å². The number of nitrogens with one attached hydrogen (secondary N) is 1. The van der Waals surface area contributed by atoms with Crippen LogP contribution in [0.2, 0.25) is 0 Å². The number of benzene rings is 1. The quantitative estimate of drug-likeness (QED) is 0.295. The van der Waals surface area contributed by atoms with Crippen LogP contribution in [-0.4, -0.2) is 73.8 Å². The van der Waals surface area contributed by atoms with Gasteiger partial charge in [0.1, 0.15) is 11.8 Å². The average Bonchev–Trinajstić information content (AvgIpc) is 3.67. The number of hydrogen-bond donors (Lipinski definition) is 1. The van der Waals surface area contributed by atoms with Crippen molar-refractivity contribution in [2.45, 2.75) is 83.7 Å². The van der Waals surface area contributed by atoms with Crippen LogP contribution < -0.4 is 4.90 Å². The van der Waals surface area contributed by atoms with Crippen molar-refractivity contribution in [3.05, 3.63) is 48.9 Å². The normalized spacial score (nSPS) is 21.5. The molecule has 5 heterocycles. The number of nitrogens with zero attached hydrogens (tertiary/aromatic N) is 6. The maximum Gasteiger partial charge on any atom is 0.410 e. The van der Waals surface area contributed by atoms with Gasteiger partial charge in [-0.15, -0.1) is 10.2 Å². The number of hydrogen-bond acceptors (Lipinski definition) is 7. The van der Waals surface area contributed by atoms with Crippen LogP contribution in [0.5, 0.6) is 0 Å². The Balaban J connectivity index is 1.16. The Hall–Kier alpha value is -3.92. The number of piperidine rings is 1. The highest BCUT2D eigenvalue weighted by Crippen LogP contribution is 2.35. The zero-order chi connectivity index (χ0) is 29.4. The summed E-state index contributed by atoms with van der Waals surface area (Å²) in [4.78, 5) is 20.1. The fourth-order valence-electron chi connectivity index (χ4n) is 6.12. The summed E-state index contributed by atoms with van der Waals surface area (Å²) in [6.45, 7) is 9.22. The Labute approximate surface area is 247 Å². The maximum absolute atomic E-state index is 12.6. The van der Waals surface area contributed by atoms with Gasteiger partial charge in [-0.25, -0.2) is 9.48 Å². The summed E-state index contributed by atoms with van der Waals surface area (Å²) < 4.78 is 13.5. The van der Waals surface area contributed by atoms with E-state index >= 15 is 0 Å². The van der Waals surface area contributed by atoms with Crippen LogP contribution in [0.15, 0.2) is 48.9 Å². The minimum Gasteiger partial charge on any atom is -0.444 e. The molecule has 3 atom stereocenters. The second-order valence-corrected chi connectivity index (χ2v) is 12.5. The fraction of sp³-hybridized carbons (Fsp3) is 0.500. The highest BCUT2D eigenvalue weighted by Gasteiger charge is 2.33. The van der Waals surface area contributed by atoms with E-state index in [1.807, 2.05) is 54.9 Å². The lowest BCUT2D eigenvalue weighted by Crippen LogP contribution is -2.51. The van der Waals surface area contributed by atoms with Gasteiger partial charge in [0.15, 0.2) is 5.82 Å². The molecule has 6 rings (SSSR count). The smallest absolute Gasteiger partial charge is 0.410 e. The molecular weight excluding hydrogens is 530 g/mol. The Morgan fingerprint density at radius 3 is 2.64 bits per heavy atom. The van der Waals surface area contributed by atoms with Gasteiger partial charge in [0.25, 0.3) is 0 Å². The highest BCUT2D eigenvalue weighted by atomic mass is 16.6. The molecule has 4 aromatic rings. The lowest BCUT2D eigenvalue weighted by atomic mass is 9.97. The van der Waals surface area contributed by atoms with E-state index in [-0.39, 0.29) is 24.4 Å². The van der Waals surface area contributed by atoms with E-state index in [1.54, 1.807) is 0 Å². The first-order valence-electron chi connectivity index (χ1n) is 15.0. The van der Waals surface area contributed by atoms with Gasteiger partial charge >= 0.3 is 6.09 Å². The van der Waals surface area contributed by atoms with Crippen molar-refractivity contribution in [3.8, 4) is 22.4 Å². The van der Waals surface area contributed by atoms with Crippen molar-refractivity contribution >= 4 is 22.8 Å². The van der Waals surface area contributed by atoms with Crippen molar-refractivity contribution in [1.29, 1.82) is 0 Å². The Bertz CT molecular complexity index is 1530. The molecule has 0 radical (unpaired) electrons. The third-order valence-corrected chi connectivity index (χ3v) is 8.40. The first kappa shape index (κ1) is 28.2. The predicted octanol–water partition coefficient (Wildman–Crippen LogP) is 6.41. The number of likely N-dealkylation sites (tertiary alicyclic amines) is 1. The van der Waals surface area contributed by atoms with Gasteiger partial charge in [-0.2, -0.15) is 5.10 Å². The highest BCUT2D eigenvalue weighted by molar-refractivity contribution is 6.02. The van der Waals surface area contributed by atoms with E-state index in [4.69, 9.17) is 9.47 Å². The molecule has 3 aromatic heterocycles. The summed E-state index contributed by atoms with van der Waals surface area (Å²) in [5.74, 6) is 0.818. The number of fused-ring (bicyclic) bond motifs is 1. The summed E-state index contributed by atoms with van der Waals surface area (Å²) in [6.07, 6.45) is 10.7. The number of aromatic nitrogens is 5. The molecular formula is C32H41N7O3. The monoisotopic (exact) mass is 571 g/mol. The zero-order valence-electron chi connectivity index (χ0n) is 25.2. The molecule has 0 spiro atoms. The Kier molecular flexibility index (Phi) is 7.66. The van der Waals surface area contributed by atoms with E-state index in [0.717, 1.165) is 71.4 Å². The Morgan fingerprint density at radius 2 is 1.93 bits per heavy atom. The molecule has 1 N–H and O–H groups in total. The summed E-state index contributed by atoms with van der Waals surface area (Å²) in [6, 6.07) is 10.7. The number of H-pyrrole nitrogens is 1. The van der Waals surface area contributed by atoms with E-state index in [2.05, 4.69) is 63.5 Å². The number of carbonyl (C=O) groups is 1. The lowest BCUT2D eigenvalue weighted by molar-refractivity contribution is -0.0394. The van der Waals surface area contributed by atoms with Gasteiger partial charge in [0.05, 0.1) is 17.4 Å². The molecule has 2 aliphatic heterocycles. The molecule has 2 aliphatic rings. The zero-order valence-corrected chi connectivity index (χ0v) is 25.2. The number of aromatic amines is 1. The fourth-order valence-corrected chi connectivity index (χ4v) is 6.12. The summed E-state index contributed by atoms with van der Waals surface area (Å²) in [5.41, 5.74) is 4.52. The third-order valence-electron chi connectivity index (χ3n) is 8.40. The van der Waals surface area contributed by atoms with Crippen LogP contribution in [0.25, 0.3) is 33.3 Å².